The van der Waals surface area contributed by atoms with Crippen LogP contribution < -0.4 is 15.5 Å². The zero-order valence-electron chi connectivity index (χ0n) is 14.8. The lowest BCUT2D eigenvalue weighted by Gasteiger charge is -2.09. The first-order valence-electron chi connectivity index (χ1n) is 8.60. The number of ether oxygens (including phenoxy) is 1. The molecule has 5 heteroatoms. The Labute approximate surface area is 149 Å². The van der Waals surface area contributed by atoms with E-state index in [1.807, 2.05) is 61.5 Å². The van der Waals surface area contributed by atoms with Gasteiger partial charge in [0.1, 0.15) is 5.75 Å². The molecule has 2 aromatic rings. The van der Waals surface area contributed by atoms with Crippen LogP contribution >= 0.6 is 0 Å². The van der Waals surface area contributed by atoms with Crippen LogP contribution in [0, 0.1) is 0 Å². The topological polar surface area (TPSA) is 62.7 Å². The van der Waals surface area contributed by atoms with Gasteiger partial charge >= 0.3 is 0 Å². The molecular weight excluding hydrogens is 314 g/mol. The highest BCUT2D eigenvalue weighted by Crippen LogP contribution is 2.15. The minimum absolute atomic E-state index is 0.158. The Morgan fingerprint density at radius 3 is 2.40 bits per heavy atom. The summed E-state index contributed by atoms with van der Waals surface area (Å²) in [5.74, 6) is 0.632. The minimum atomic E-state index is -0.182. The van der Waals surface area contributed by atoms with E-state index >= 15 is 0 Å². The van der Waals surface area contributed by atoms with Gasteiger partial charge in [-0.2, -0.15) is 5.10 Å². The van der Waals surface area contributed by atoms with E-state index < -0.39 is 0 Å². The molecule has 132 valence electrons. The van der Waals surface area contributed by atoms with Crippen LogP contribution in [0.5, 0.6) is 5.75 Å². The summed E-state index contributed by atoms with van der Waals surface area (Å²) in [7, 11) is 0. The molecule has 0 heterocycles. The fraction of sp³-hybridized carbons (Fsp3) is 0.300. The lowest BCUT2D eigenvalue weighted by Crippen LogP contribution is -2.27. The molecular formula is C20H25N3O2. The van der Waals surface area contributed by atoms with Crippen LogP contribution in [0.3, 0.4) is 0 Å². The first-order valence-corrected chi connectivity index (χ1v) is 8.60. The average molecular weight is 339 g/mol. The van der Waals surface area contributed by atoms with E-state index in [1.165, 1.54) is 0 Å². The van der Waals surface area contributed by atoms with E-state index in [4.69, 9.17) is 4.74 Å². The molecule has 0 spiro atoms. The van der Waals surface area contributed by atoms with Gasteiger partial charge in [0.25, 0.3) is 5.91 Å². The number of nitrogens with zero attached hydrogens (tertiary/aromatic N) is 1. The van der Waals surface area contributed by atoms with Crippen molar-refractivity contribution in [3.63, 3.8) is 0 Å². The van der Waals surface area contributed by atoms with E-state index in [9.17, 15) is 4.79 Å². The average Bonchev–Trinajstić information content (AvgIpc) is 2.65. The Hall–Kier alpha value is -2.82. The molecule has 0 unspecified atom stereocenters. The van der Waals surface area contributed by atoms with Crippen molar-refractivity contribution in [3.8, 4) is 5.75 Å². The van der Waals surface area contributed by atoms with Crippen molar-refractivity contribution in [1.29, 1.82) is 0 Å². The number of anilines is 1. The first-order chi connectivity index (χ1) is 12.2. The van der Waals surface area contributed by atoms with E-state index in [2.05, 4.69) is 22.8 Å². The number of hydrogen-bond acceptors (Lipinski definition) is 4. The summed E-state index contributed by atoms with van der Waals surface area (Å²) < 4.78 is 5.39. The van der Waals surface area contributed by atoms with E-state index in [0.717, 1.165) is 35.6 Å². The van der Waals surface area contributed by atoms with Gasteiger partial charge in [-0.3, -0.25) is 4.79 Å². The van der Waals surface area contributed by atoms with Gasteiger partial charge in [-0.1, -0.05) is 43.7 Å². The summed E-state index contributed by atoms with van der Waals surface area (Å²) in [6.45, 7) is 4.83. The normalized spacial score (nSPS) is 11.0. The molecule has 0 aliphatic rings. The Balaban J connectivity index is 1.87. The number of benzene rings is 2. The van der Waals surface area contributed by atoms with Crippen LogP contribution in [0.1, 0.15) is 32.3 Å². The zero-order valence-corrected chi connectivity index (χ0v) is 14.8. The number of amides is 1. The fourth-order valence-electron chi connectivity index (χ4n) is 2.32. The second kappa shape index (κ2) is 10.1. The monoisotopic (exact) mass is 339 g/mol. The Bertz CT molecular complexity index is 682. The van der Waals surface area contributed by atoms with Crippen LogP contribution in [-0.2, 0) is 4.79 Å². The maximum absolute atomic E-state index is 12.0. The second-order valence-electron chi connectivity index (χ2n) is 5.52. The van der Waals surface area contributed by atoms with Crippen LogP contribution in [0.2, 0.25) is 0 Å². The Kier molecular flexibility index (Phi) is 7.50. The maximum Gasteiger partial charge on any atom is 0.259 e. The number of hydrazone groups is 1. The zero-order chi connectivity index (χ0) is 17.9. The standard InChI is InChI=1S/C20H25N3O2/c1-3-8-19(16-9-6-5-7-10-16)22-23-20(24)15-21-17-11-13-18(14-12-17)25-4-2/h5-7,9-14,21H,3-4,8,15H2,1-2H3,(H,23,24)/b22-19-. The molecule has 0 saturated heterocycles. The van der Waals surface area contributed by atoms with Crippen LogP contribution in [0.25, 0.3) is 0 Å². The van der Waals surface area contributed by atoms with Crippen LogP contribution in [0.4, 0.5) is 5.69 Å². The van der Waals surface area contributed by atoms with Gasteiger partial charge < -0.3 is 10.1 Å². The van der Waals surface area contributed by atoms with Crippen molar-refractivity contribution in [2.45, 2.75) is 26.7 Å². The summed E-state index contributed by atoms with van der Waals surface area (Å²) in [5, 5.41) is 7.36. The molecule has 25 heavy (non-hydrogen) atoms. The lowest BCUT2D eigenvalue weighted by molar-refractivity contribution is -0.119. The molecule has 0 aliphatic carbocycles. The summed E-state index contributed by atoms with van der Waals surface area (Å²) in [6.07, 6.45) is 1.78. The molecule has 0 bridgehead atoms. The molecule has 2 rings (SSSR count). The van der Waals surface area contributed by atoms with Gasteiger partial charge in [-0.05, 0) is 43.2 Å². The third-order valence-electron chi connectivity index (χ3n) is 3.53. The van der Waals surface area contributed by atoms with Gasteiger partial charge in [0.15, 0.2) is 0 Å². The number of hydrogen-bond donors (Lipinski definition) is 2. The first kappa shape index (κ1) is 18.5. The van der Waals surface area contributed by atoms with Crippen molar-refractivity contribution in [2.75, 3.05) is 18.5 Å². The van der Waals surface area contributed by atoms with Crippen molar-refractivity contribution in [1.82, 2.24) is 5.43 Å². The predicted molar refractivity (Wildman–Crippen MR) is 102 cm³/mol. The molecule has 5 nitrogen and oxygen atoms in total. The third-order valence-corrected chi connectivity index (χ3v) is 3.53. The van der Waals surface area contributed by atoms with Gasteiger partial charge in [-0.25, -0.2) is 5.43 Å². The van der Waals surface area contributed by atoms with Crippen molar-refractivity contribution in [2.24, 2.45) is 5.10 Å². The molecule has 0 saturated carbocycles. The summed E-state index contributed by atoms with van der Waals surface area (Å²) >= 11 is 0. The highest BCUT2D eigenvalue weighted by atomic mass is 16.5. The van der Waals surface area contributed by atoms with Gasteiger partial charge in [0.2, 0.25) is 0 Å². The van der Waals surface area contributed by atoms with Crippen LogP contribution in [-0.4, -0.2) is 24.8 Å². The van der Waals surface area contributed by atoms with E-state index in [-0.39, 0.29) is 12.5 Å². The highest BCUT2D eigenvalue weighted by Gasteiger charge is 2.05. The third kappa shape index (κ3) is 6.30. The van der Waals surface area contributed by atoms with Crippen molar-refractivity contribution < 1.29 is 9.53 Å². The molecule has 0 aliphatic heterocycles. The predicted octanol–water partition coefficient (Wildman–Crippen LogP) is 3.82. The molecule has 2 aromatic carbocycles. The molecule has 0 radical (unpaired) electrons. The van der Waals surface area contributed by atoms with Crippen molar-refractivity contribution >= 4 is 17.3 Å². The number of nitrogens with one attached hydrogen (secondary N) is 2. The fourth-order valence-corrected chi connectivity index (χ4v) is 2.32. The maximum atomic E-state index is 12.0. The van der Waals surface area contributed by atoms with Gasteiger partial charge in [-0.15, -0.1) is 0 Å². The molecule has 2 N–H and O–H groups in total. The summed E-state index contributed by atoms with van der Waals surface area (Å²) in [5.41, 5.74) is 5.41. The molecule has 0 atom stereocenters. The second-order valence-corrected chi connectivity index (χ2v) is 5.52. The Morgan fingerprint density at radius 2 is 1.76 bits per heavy atom. The van der Waals surface area contributed by atoms with Crippen molar-refractivity contribution in [3.05, 3.63) is 60.2 Å². The molecule has 0 fully saturated rings. The van der Waals surface area contributed by atoms with E-state index in [1.54, 1.807) is 0 Å². The largest absolute Gasteiger partial charge is 0.494 e. The summed E-state index contributed by atoms with van der Waals surface area (Å²) in [6, 6.07) is 17.4. The number of carbonyl (C=O) groups is 1. The highest BCUT2D eigenvalue weighted by molar-refractivity contribution is 6.01. The van der Waals surface area contributed by atoms with Crippen LogP contribution in [0.15, 0.2) is 59.7 Å². The quantitative estimate of drug-likeness (QED) is 0.539. The summed E-state index contributed by atoms with van der Waals surface area (Å²) in [4.78, 5) is 12.0. The lowest BCUT2D eigenvalue weighted by atomic mass is 10.1. The number of carbonyl (C=O) groups excluding carboxylic acids is 1. The molecule has 1 amide bonds. The minimum Gasteiger partial charge on any atom is -0.494 e. The van der Waals surface area contributed by atoms with Gasteiger partial charge in [0, 0.05) is 5.69 Å². The SMILES string of the molecule is CCC/C(=N/NC(=O)CNc1ccc(OCC)cc1)c1ccccc1. The number of rotatable bonds is 9. The Morgan fingerprint density at radius 1 is 1.04 bits per heavy atom. The smallest absolute Gasteiger partial charge is 0.259 e. The van der Waals surface area contributed by atoms with Gasteiger partial charge in [0.05, 0.1) is 18.9 Å². The van der Waals surface area contributed by atoms with E-state index in [0.29, 0.717) is 6.61 Å². The molecule has 0 aromatic heterocycles.